The third-order valence-electron chi connectivity index (χ3n) is 7.17. The number of fused-ring (bicyclic) bond motifs is 1. The van der Waals surface area contributed by atoms with Gasteiger partial charge in [-0.3, -0.25) is 4.79 Å². The molecule has 0 saturated heterocycles. The van der Waals surface area contributed by atoms with Crippen LogP contribution in [0.4, 0.5) is 17.6 Å². The average Bonchev–Trinajstić information content (AvgIpc) is 3.54. The summed E-state index contributed by atoms with van der Waals surface area (Å²) in [5.41, 5.74) is 0.0268. The van der Waals surface area contributed by atoms with Crippen LogP contribution >= 0.6 is 0 Å². The van der Waals surface area contributed by atoms with Gasteiger partial charge in [0.25, 0.3) is 0 Å². The minimum atomic E-state index is -4.50. The number of carboxylic acids is 1. The summed E-state index contributed by atoms with van der Waals surface area (Å²) in [6.07, 6.45) is 1.81. The second-order valence-electron chi connectivity index (χ2n) is 9.48. The molecular weight excluding hydrogens is 514 g/mol. The standard InChI is InChI=1S/C28H23F4N5O2/c1-17(19-4-3-5-21(29)14-19)27(2,26(38)39)23-10-11-34-25-24(18-6-8-20(9-7-18)28(30,31)32)22(35-37(23)25)15-36-13-12-33-16-36/h3-14,16-17H,15H2,1-2H3,(H,38,39)/t17?,27-/m1/s1. The molecule has 0 aliphatic heterocycles. The molecular formula is C28H23F4N5O2. The number of halogens is 4. The Morgan fingerprint density at radius 1 is 1.08 bits per heavy atom. The van der Waals surface area contributed by atoms with Crippen LogP contribution in [0.5, 0.6) is 0 Å². The van der Waals surface area contributed by atoms with Crippen LogP contribution in [0.25, 0.3) is 16.8 Å². The first-order chi connectivity index (χ1) is 18.5. The van der Waals surface area contributed by atoms with Gasteiger partial charge in [0, 0.05) is 24.5 Å². The van der Waals surface area contributed by atoms with Gasteiger partial charge in [0.15, 0.2) is 5.65 Å². The van der Waals surface area contributed by atoms with Crippen molar-refractivity contribution in [2.45, 2.75) is 37.9 Å². The van der Waals surface area contributed by atoms with E-state index in [0.717, 1.165) is 12.1 Å². The van der Waals surface area contributed by atoms with Crippen molar-refractivity contribution >= 4 is 11.6 Å². The van der Waals surface area contributed by atoms with Crippen molar-refractivity contribution < 1.29 is 27.5 Å². The van der Waals surface area contributed by atoms with Crippen LogP contribution in [0.1, 0.15) is 42.3 Å². The Labute approximate surface area is 220 Å². The zero-order valence-electron chi connectivity index (χ0n) is 20.9. The van der Waals surface area contributed by atoms with E-state index in [4.69, 9.17) is 5.10 Å². The number of aromatic nitrogens is 5. The molecule has 39 heavy (non-hydrogen) atoms. The zero-order valence-corrected chi connectivity index (χ0v) is 20.9. The van der Waals surface area contributed by atoms with Gasteiger partial charge in [0.1, 0.15) is 11.2 Å². The van der Waals surface area contributed by atoms with E-state index >= 15 is 0 Å². The molecule has 3 aromatic heterocycles. The SMILES string of the molecule is CC(c1cccc(F)c1)[C@@](C)(C(=O)O)c1ccnc2c(-c3ccc(C(F)(F)F)cc3)c(Cn3ccnc3)nn12. The van der Waals surface area contributed by atoms with E-state index in [2.05, 4.69) is 9.97 Å². The van der Waals surface area contributed by atoms with Crippen molar-refractivity contribution in [1.82, 2.24) is 24.1 Å². The van der Waals surface area contributed by atoms with Crippen molar-refractivity contribution in [3.8, 4) is 11.1 Å². The van der Waals surface area contributed by atoms with E-state index in [1.54, 1.807) is 42.3 Å². The highest BCUT2D eigenvalue weighted by atomic mass is 19.4. The fourth-order valence-electron chi connectivity index (χ4n) is 4.79. The Hall–Kier alpha value is -4.54. The lowest BCUT2D eigenvalue weighted by molar-refractivity contribution is -0.144. The average molecular weight is 538 g/mol. The first-order valence-corrected chi connectivity index (χ1v) is 12.0. The summed E-state index contributed by atoms with van der Waals surface area (Å²) >= 11 is 0. The van der Waals surface area contributed by atoms with Crippen LogP contribution in [0.15, 0.2) is 79.5 Å². The molecule has 1 unspecified atom stereocenters. The van der Waals surface area contributed by atoms with Crippen molar-refractivity contribution in [2.24, 2.45) is 0 Å². The normalized spacial score (nSPS) is 14.3. The maximum atomic E-state index is 14.0. The smallest absolute Gasteiger partial charge is 0.416 e. The number of alkyl halides is 3. The van der Waals surface area contributed by atoms with E-state index in [1.807, 2.05) is 0 Å². The van der Waals surface area contributed by atoms with Gasteiger partial charge in [-0.05, 0) is 48.4 Å². The summed E-state index contributed by atoms with van der Waals surface area (Å²) in [6, 6.07) is 12.0. The number of nitrogens with zero attached hydrogens (tertiary/aromatic N) is 5. The Morgan fingerprint density at radius 3 is 2.44 bits per heavy atom. The van der Waals surface area contributed by atoms with Gasteiger partial charge in [0.05, 0.1) is 35.4 Å². The minimum absolute atomic E-state index is 0.211. The van der Waals surface area contributed by atoms with Crippen molar-refractivity contribution in [1.29, 1.82) is 0 Å². The van der Waals surface area contributed by atoms with Crippen LogP contribution in [-0.4, -0.2) is 35.2 Å². The number of hydrogen-bond acceptors (Lipinski definition) is 4. The fourth-order valence-corrected chi connectivity index (χ4v) is 4.79. The second kappa shape index (κ2) is 9.64. The van der Waals surface area contributed by atoms with Gasteiger partial charge in [-0.15, -0.1) is 0 Å². The fraction of sp³-hybridized carbons (Fsp3) is 0.214. The Bertz CT molecular complexity index is 1650. The van der Waals surface area contributed by atoms with Gasteiger partial charge in [0.2, 0.25) is 0 Å². The lowest BCUT2D eigenvalue weighted by Crippen LogP contribution is -2.39. The molecule has 0 bridgehead atoms. The molecule has 3 heterocycles. The van der Waals surface area contributed by atoms with Gasteiger partial charge in [-0.1, -0.05) is 31.2 Å². The second-order valence-corrected chi connectivity index (χ2v) is 9.48. The van der Waals surface area contributed by atoms with E-state index in [0.29, 0.717) is 22.4 Å². The molecule has 0 radical (unpaired) electrons. The summed E-state index contributed by atoms with van der Waals surface area (Å²) in [5.74, 6) is -2.33. The van der Waals surface area contributed by atoms with Crippen molar-refractivity contribution in [3.05, 3.63) is 108 Å². The Kier molecular flexibility index (Phi) is 6.45. The predicted molar refractivity (Wildman–Crippen MR) is 135 cm³/mol. The third kappa shape index (κ3) is 4.64. The van der Waals surface area contributed by atoms with E-state index < -0.39 is 34.9 Å². The first-order valence-electron chi connectivity index (χ1n) is 12.0. The Morgan fingerprint density at radius 2 is 1.82 bits per heavy atom. The molecule has 0 aliphatic rings. The number of carboxylic acid groups (broad SMARTS) is 1. The molecule has 5 rings (SSSR count). The van der Waals surface area contributed by atoms with Gasteiger partial charge in [-0.2, -0.15) is 18.3 Å². The molecule has 1 N–H and O–H groups in total. The summed E-state index contributed by atoms with van der Waals surface area (Å²) in [6.45, 7) is 3.44. The quantitative estimate of drug-likeness (QED) is 0.260. The highest BCUT2D eigenvalue weighted by Gasteiger charge is 2.44. The number of imidazole rings is 1. The van der Waals surface area contributed by atoms with Crippen LogP contribution in [0.2, 0.25) is 0 Å². The largest absolute Gasteiger partial charge is 0.481 e. The van der Waals surface area contributed by atoms with E-state index in [-0.39, 0.29) is 17.9 Å². The number of benzene rings is 2. The summed E-state index contributed by atoms with van der Waals surface area (Å²) < 4.78 is 56.9. The lowest BCUT2D eigenvalue weighted by atomic mass is 9.72. The topological polar surface area (TPSA) is 85.3 Å². The van der Waals surface area contributed by atoms with Crippen LogP contribution in [-0.2, 0) is 22.9 Å². The maximum absolute atomic E-state index is 14.0. The number of rotatable bonds is 7. The summed E-state index contributed by atoms with van der Waals surface area (Å²) in [4.78, 5) is 21.3. The first kappa shape index (κ1) is 26.1. The number of aliphatic carboxylic acids is 1. The molecule has 0 spiro atoms. The van der Waals surface area contributed by atoms with Gasteiger partial charge < -0.3 is 9.67 Å². The third-order valence-corrected chi connectivity index (χ3v) is 7.17. The zero-order chi connectivity index (χ0) is 27.9. The van der Waals surface area contributed by atoms with Crippen LogP contribution in [0, 0.1) is 5.82 Å². The van der Waals surface area contributed by atoms with E-state index in [1.165, 1.54) is 48.0 Å². The van der Waals surface area contributed by atoms with Crippen molar-refractivity contribution in [2.75, 3.05) is 0 Å². The number of hydrogen-bond donors (Lipinski definition) is 1. The molecule has 0 fully saturated rings. The van der Waals surface area contributed by atoms with E-state index in [9.17, 15) is 27.5 Å². The minimum Gasteiger partial charge on any atom is -0.481 e. The van der Waals surface area contributed by atoms with Gasteiger partial charge in [-0.25, -0.2) is 18.9 Å². The molecule has 5 aromatic rings. The molecule has 0 saturated carbocycles. The monoisotopic (exact) mass is 537 g/mol. The molecule has 2 aromatic carbocycles. The van der Waals surface area contributed by atoms with Crippen LogP contribution in [0.3, 0.4) is 0 Å². The van der Waals surface area contributed by atoms with Crippen molar-refractivity contribution in [3.63, 3.8) is 0 Å². The lowest BCUT2D eigenvalue weighted by Gasteiger charge is -2.32. The highest BCUT2D eigenvalue weighted by molar-refractivity contribution is 5.84. The molecule has 11 heteroatoms. The number of carbonyl (C=O) groups is 1. The van der Waals surface area contributed by atoms with Gasteiger partial charge >= 0.3 is 12.1 Å². The maximum Gasteiger partial charge on any atom is 0.416 e. The molecule has 7 nitrogen and oxygen atoms in total. The summed E-state index contributed by atoms with van der Waals surface area (Å²) in [5, 5.41) is 15.2. The summed E-state index contributed by atoms with van der Waals surface area (Å²) in [7, 11) is 0. The molecule has 0 aliphatic carbocycles. The molecule has 0 amide bonds. The van der Waals surface area contributed by atoms with Crippen LogP contribution < -0.4 is 0 Å². The molecule has 2 atom stereocenters. The molecule has 200 valence electrons. The predicted octanol–water partition coefficient (Wildman–Crippen LogP) is 5.95. The Balaban J connectivity index is 1.73. The highest BCUT2D eigenvalue weighted by Crippen LogP contribution is 2.41.